The maximum absolute atomic E-state index is 12.2. The lowest BCUT2D eigenvalue weighted by Gasteiger charge is -2.15. The summed E-state index contributed by atoms with van der Waals surface area (Å²) in [4.78, 5) is 12.2. The molecule has 7 nitrogen and oxygen atoms in total. The predicted octanol–water partition coefficient (Wildman–Crippen LogP) is 3.67. The third kappa shape index (κ3) is 4.26. The van der Waals surface area contributed by atoms with Gasteiger partial charge < -0.3 is 29.6 Å². The molecule has 25 heavy (non-hydrogen) atoms. The van der Waals surface area contributed by atoms with Gasteiger partial charge in [0.2, 0.25) is 5.75 Å². The van der Waals surface area contributed by atoms with Crippen molar-refractivity contribution in [3.8, 4) is 23.0 Å². The standard InChI is InChI=1S/C18H22N2O5/c1-11-6-7-12(8-14(11)22-2)19-18(21)20-13-9-15(23-3)17(25-5)16(10-13)24-4/h6-10H,1-5H3,(H2,19,20,21). The summed E-state index contributed by atoms with van der Waals surface area (Å²) in [6.45, 7) is 1.93. The molecule has 2 N–H and O–H groups in total. The van der Waals surface area contributed by atoms with Crippen molar-refractivity contribution >= 4 is 17.4 Å². The smallest absolute Gasteiger partial charge is 0.323 e. The Morgan fingerprint density at radius 2 is 1.28 bits per heavy atom. The lowest BCUT2D eigenvalue weighted by atomic mass is 10.2. The number of carbonyl (C=O) groups excluding carboxylic acids is 1. The molecule has 134 valence electrons. The Bertz CT molecular complexity index is 736. The molecule has 2 aromatic carbocycles. The molecule has 2 aromatic rings. The maximum atomic E-state index is 12.2. The fourth-order valence-corrected chi connectivity index (χ4v) is 2.34. The molecule has 7 heteroatoms. The van der Waals surface area contributed by atoms with E-state index in [1.165, 1.54) is 21.3 Å². The molecular formula is C18H22N2O5. The Kier molecular flexibility index (Phi) is 5.94. The molecule has 0 aliphatic heterocycles. The second-order valence-electron chi connectivity index (χ2n) is 5.18. The van der Waals surface area contributed by atoms with Gasteiger partial charge in [-0.2, -0.15) is 0 Å². The lowest BCUT2D eigenvalue weighted by Crippen LogP contribution is -2.19. The molecule has 0 fully saturated rings. The molecule has 2 amide bonds. The molecule has 0 unspecified atom stereocenters. The van der Waals surface area contributed by atoms with Crippen molar-refractivity contribution in [3.05, 3.63) is 35.9 Å². The predicted molar refractivity (Wildman–Crippen MR) is 96.5 cm³/mol. The minimum absolute atomic E-state index is 0.403. The van der Waals surface area contributed by atoms with Gasteiger partial charge in [-0.05, 0) is 18.6 Å². The van der Waals surface area contributed by atoms with E-state index < -0.39 is 6.03 Å². The summed E-state index contributed by atoms with van der Waals surface area (Å²) in [7, 11) is 6.13. The Morgan fingerprint density at radius 1 is 0.760 bits per heavy atom. The number of hydrogen-bond acceptors (Lipinski definition) is 5. The number of urea groups is 1. The highest BCUT2D eigenvalue weighted by atomic mass is 16.5. The summed E-state index contributed by atoms with van der Waals surface area (Å²) in [5.74, 6) is 2.06. The van der Waals surface area contributed by atoms with E-state index in [0.717, 1.165) is 5.56 Å². The van der Waals surface area contributed by atoms with Crippen LogP contribution >= 0.6 is 0 Å². The molecule has 0 aliphatic carbocycles. The van der Waals surface area contributed by atoms with Gasteiger partial charge in [0.1, 0.15) is 5.75 Å². The van der Waals surface area contributed by atoms with Crippen molar-refractivity contribution in [2.24, 2.45) is 0 Å². The van der Waals surface area contributed by atoms with Crippen LogP contribution in [0.15, 0.2) is 30.3 Å². The molecule has 0 atom stereocenters. The highest BCUT2D eigenvalue weighted by Gasteiger charge is 2.14. The van der Waals surface area contributed by atoms with Gasteiger partial charge in [-0.25, -0.2) is 4.79 Å². The molecule has 0 aromatic heterocycles. The van der Waals surface area contributed by atoms with E-state index in [2.05, 4.69) is 10.6 Å². The van der Waals surface area contributed by atoms with Crippen LogP contribution in [0, 0.1) is 6.92 Å². The van der Waals surface area contributed by atoms with Crippen LogP contribution in [-0.2, 0) is 0 Å². The van der Waals surface area contributed by atoms with E-state index in [1.54, 1.807) is 31.4 Å². The highest BCUT2D eigenvalue weighted by Crippen LogP contribution is 2.39. The zero-order valence-corrected chi connectivity index (χ0v) is 14.9. The van der Waals surface area contributed by atoms with Gasteiger partial charge in [-0.1, -0.05) is 6.07 Å². The van der Waals surface area contributed by atoms with E-state index in [-0.39, 0.29) is 0 Å². The molecule has 0 spiro atoms. The van der Waals surface area contributed by atoms with E-state index in [9.17, 15) is 4.79 Å². The molecule has 0 heterocycles. The Balaban J connectivity index is 2.17. The molecule has 0 bridgehead atoms. The van der Waals surface area contributed by atoms with Crippen LogP contribution in [-0.4, -0.2) is 34.5 Å². The average Bonchev–Trinajstić information content (AvgIpc) is 2.62. The summed E-state index contributed by atoms with van der Waals surface area (Å²) in [6.07, 6.45) is 0. The third-order valence-corrected chi connectivity index (χ3v) is 3.59. The third-order valence-electron chi connectivity index (χ3n) is 3.59. The van der Waals surface area contributed by atoms with Gasteiger partial charge in [0.15, 0.2) is 11.5 Å². The molecule has 2 rings (SSSR count). The maximum Gasteiger partial charge on any atom is 0.323 e. The van der Waals surface area contributed by atoms with Crippen LogP contribution < -0.4 is 29.6 Å². The van der Waals surface area contributed by atoms with Gasteiger partial charge in [0.25, 0.3) is 0 Å². The van der Waals surface area contributed by atoms with Crippen molar-refractivity contribution in [3.63, 3.8) is 0 Å². The van der Waals surface area contributed by atoms with Crippen LogP contribution in [0.5, 0.6) is 23.0 Å². The quantitative estimate of drug-likeness (QED) is 0.834. The summed E-state index contributed by atoms with van der Waals surface area (Å²) in [6, 6.07) is 8.32. The summed E-state index contributed by atoms with van der Waals surface area (Å²) in [5, 5.41) is 5.49. The van der Waals surface area contributed by atoms with E-state index in [0.29, 0.717) is 34.4 Å². The lowest BCUT2D eigenvalue weighted by molar-refractivity contribution is 0.262. The number of hydrogen-bond donors (Lipinski definition) is 2. The number of ether oxygens (including phenoxy) is 4. The molecule has 0 saturated carbocycles. The van der Waals surface area contributed by atoms with Crippen molar-refractivity contribution in [2.45, 2.75) is 6.92 Å². The molecule has 0 aliphatic rings. The first-order valence-electron chi connectivity index (χ1n) is 7.55. The van der Waals surface area contributed by atoms with Gasteiger partial charge >= 0.3 is 6.03 Å². The average molecular weight is 346 g/mol. The SMILES string of the molecule is COc1cc(NC(=O)Nc2cc(OC)c(OC)c(OC)c2)ccc1C. The van der Waals surface area contributed by atoms with Crippen molar-refractivity contribution < 1.29 is 23.7 Å². The second-order valence-corrected chi connectivity index (χ2v) is 5.18. The highest BCUT2D eigenvalue weighted by molar-refractivity contribution is 6.00. The van der Waals surface area contributed by atoms with Crippen LogP contribution in [0.1, 0.15) is 5.56 Å². The monoisotopic (exact) mass is 346 g/mol. The number of carbonyl (C=O) groups is 1. The van der Waals surface area contributed by atoms with Crippen LogP contribution in [0.4, 0.5) is 16.2 Å². The fraction of sp³-hybridized carbons (Fsp3) is 0.278. The van der Waals surface area contributed by atoms with Crippen LogP contribution in [0.3, 0.4) is 0 Å². The molecular weight excluding hydrogens is 324 g/mol. The van der Waals surface area contributed by atoms with Gasteiger partial charge in [-0.15, -0.1) is 0 Å². The van der Waals surface area contributed by atoms with Crippen LogP contribution in [0.2, 0.25) is 0 Å². The van der Waals surface area contributed by atoms with E-state index >= 15 is 0 Å². The summed E-state index contributed by atoms with van der Waals surface area (Å²) >= 11 is 0. The minimum Gasteiger partial charge on any atom is -0.496 e. The van der Waals surface area contributed by atoms with Crippen LogP contribution in [0.25, 0.3) is 0 Å². The van der Waals surface area contributed by atoms with Gasteiger partial charge in [0, 0.05) is 23.9 Å². The van der Waals surface area contributed by atoms with E-state index in [4.69, 9.17) is 18.9 Å². The number of amides is 2. The minimum atomic E-state index is -0.403. The van der Waals surface area contributed by atoms with Gasteiger partial charge in [-0.3, -0.25) is 0 Å². The Labute approximate surface area is 146 Å². The Morgan fingerprint density at radius 3 is 1.80 bits per heavy atom. The van der Waals surface area contributed by atoms with E-state index in [1.807, 2.05) is 13.0 Å². The molecule has 0 saturated heterocycles. The summed E-state index contributed by atoms with van der Waals surface area (Å²) in [5.41, 5.74) is 2.11. The first-order chi connectivity index (χ1) is 12.0. The zero-order chi connectivity index (χ0) is 18.4. The van der Waals surface area contributed by atoms with Gasteiger partial charge in [0.05, 0.1) is 34.1 Å². The van der Waals surface area contributed by atoms with Crippen molar-refractivity contribution in [1.82, 2.24) is 0 Å². The first kappa shape index (κ1) is 18.3. The Hall–Kier alpha value is -3.09. The number of anilines is 2. The number of aryl methyl sites for hydroxylation is 1. The number of nitrogens with one attached hydrogen (secondary N) is 2. The number of methoxy groups -OCH3 is 4. The van der Waals surface area contributed by atoms with Crippen molar-refractivity contribution in [2.75, 3.05) is 39.1 Å². The number of rotatable bonds is 6. The second kappa shape index (κ2) is 8.14. The normalized spacial score (nSPS) is 9.96. The molecule has 0 radical (unpaired) electrons. The summed E-state index contributed by atoms with van der Waals surface area (Å²) < 4.78 is 21.1. The zero-order valence-electron chi connectivity index (χ0n) is 14.9. The first-order valence-corrected chi connectivity index (χ1v) is 7.55. The number of benzene rings is 2. The van der Waals surface area contributed by atoms with Crippen molar-refractivity contribution in [1.29, 1.82) is 0 Å². The fourth-order valence-electron chi connectivity index (χ4n) is 2.34. The topological polar surface area (TPSA) is 78.1 Å². The largest absolute Gasteiger partial charge is 0.496 e.